The lowest BCUT2D eigenvalue weighted by Crippen LogP contribution is -2.38. The fourth-order valence-electron chi connectivity index (χ4n) is 3.59. The molecule has 118 valence electrons. The van der Waals surface area contributed by atoms with Crippen molar-refractivity contribution in [2.24, 2.45) is 17.7 Å². The largest absolute Gasteiger partial charge is 0.271 e. The van der Waals surface area contributed by atoms with Gasteiger partial charge in [0.05, 0.1) is 4.90 Å². The SMILES string of the molecule is CCC1CCCCC1C(NN)c1cccc(S(C)(=O)=O)c1. The highest BCUT2D eigenvalue weighted by molar-refractivity contribution is 7.90. The number of nitrogens with two attached hydrogens (primary N) is 1. The van der Waals surface area contributed by atoms with Crippen LogP contribution in [0, 0.1) is 11.8 Å². The van der Waals surface area contributed by atoms with Gasteiger partial charge in [-0.2, -0.15) is 0 Å². The van der Waals surface area contributed by atoms with Gasteiger partial charge in [-0.3, -0.25) is 11.3 Å². The molecule has 3 unspecified atom stereocenters. The first-order valence-electron chi connectivity index (χ1n) is 7.73. The van der Waals surface area contributed by atoms with Crippen molar-refractivity contribution in [1.82, 2.24) is 5.43 Å². The third-order valence-corrected chi connectivity index (χ3v) is 5.86. The van der Waals surface area contributed by atoms with Crippen LogP contribution in [0.1, 0.15) is 50.6 Å². The molecule has 0 radical (unpaired) electrons. The van der Waals surface area contributed by atoms with Crippen LogP contribution >= 0.6 is 0 Å². The van der Waals surface area contributed by atoms with Crippen molar-refractivity contribution in [3.8, 4) is 0 Å². The summed E-state index contributed by atoms with van der Waals surface area (Å²) >= 11 is 0. The zero-order chi connectivity index (χ0) is 15.5. The molecule has 5 heteroatoms. The maximum atomic E-state index is 11.7. The third kappa shape index (κ3) is 3.84. The lowest BCUT2D eigenvalue weighted by Gasteiger charge is -2.37. The fourth-order valence-corrected chi connectivity index (χ4v) is 4.26. The molecule has 0 heterocycles. The van der Waals surface area contributed by atoms with Gasteiger partial charge in [0, 0.05) is 12.3 Å². The van der Waals surface area contributed by atoms with Gasteiger partial charge < -0.3 is 0 Å². The molecule has 21 heavy (non-hydrogen) atoms. The van der Waals surface area contributed by atoms with Gasteiger partial charge in [-0.1, -0.05) is 44.7 Å². The first-order valence-corrected chi connectivity index (χ1v) is 9.62. The number of benzene rings is 1. The molecule has 0 spiro atoms. The Labute approximate surface area is 128 Å². The second-order valence-corrected chi connectivity index (χ2v) is 8.12. The maximum absolute atomic E-state index is 11.7. The molecule has 1 fully saturated rings. The summed E-state index contributed by atoms with van der Waals surface area (Å²) in [5.41, 5.74) is 3.91. The molecule has 0 bridgehead atoms. The topological polar surface area (TPSA) is 72.2 Å². The molecule has 3 atom stereocenters. The normalized spacial score (nSPS) is 24.7. The highest BCUT2D eigenvalue weighted by Gasteiger charge is 2.31. The maximum Gasteiger partial charge on any atom is 0.175 e. The van der Waals surface area contributed by atoms with Gasteiger partial charge in [-0.25, -0.2) is 8.42 Å². The van der Waals surface area contributed by atoms with Gasteiger partial charge in [0.25, 0.3) is 0 Å². The number of hydrazine groups is 1. The van der Waals surface area contributed by atoms with Crippen LogP contribution < -0.4 is 11.3 Å². The average molecular weight is 310 g/mol. The summed E-state index contributed by atoms with van der Waals surface area (Å²) in [5.74, 6) is 6.94. The van der Waals surface area contributed by atoms with E-state index >= 15 is 0 Å². The first kappa shape index (κ1) is 16.5. The molecule has 1 aromatic rings. The zero-order valence-electron chi connectivity index (χ0n) is 12.9. The lowest BCUT2D eigenvalue weighted by atomic mass is 9.72. The predicted octanol–water partition coefficient (Wildman–Crippen LogP) is 2.81. The Bertz CT molecular complexity index is 571. The second-order valence-electron chi connectivity index (χ2n) is 6.11. The van der Waals surface area contributed by atoms with E-state index in [4.69, 9.17) is 5.84 Å². The van der Waals surface area contributed by atoms with E-state index in [1.165, 1.54) is 25.5 Å². The highest BCUT2D eigenvalue weighted by atomic mass is 32.2. The van der Waals surface area contributed by atoms with E-state index in [1.807, 2.05) is 6.07 Å². The summed E-state index contributed by atoms with van der Waals surface area (Å²) in [6.07, 6.45) is 7.30. The Hall–Kier alpha value is -0.910. The minimum absolute atomic E-state index is 0.0250. The van der Waals surface area contributed by atoms with E-state index in [2.05, 4.69) is 12.3 Å². The van der Waals surface area contributed by atoms with Crippen LogP contribution in [0.4, 0.5) is 0 Å². The Kier molecular flexibility index (Phi) is 5.41. The Balaban J connectivity index is 2.32. The zero-order valence-corrected chi connectivity index (χ0v) is 13.7. The second kappa shape index (κ2) is 6.90. The number of nitrogens with one attached hydrogen (secondary N) is 1. The van der Waals surface area contributed by atoms with E-state index in [9.17, 15) is 8.42 Å². The van der Waals surface area contributed by atoms with E-state index in [0.717, 1.165) is 18.4 Å². The molecule has 1 aliphatic rings. The fraction of sp³-hybridized carbons (Fsp3) is 0.625. The summed E-state index contributed by atoms with van der Waals surface area (Å²) in [7, 11) is -3.19. The van der Waals surface area contributed by atoms with Crippen molar-refractivity contribution >= 4 is 9.84 Å². The van der Waals surface area contributed by atoms with Gasteiger partial charge in [0.15, 0.2) is 9.84 Å². The summed E-state index contributed by atoms with van der Waals surface area (Å²) < 4.78 is 23.5. The van der Waals surface area contributed by atoms with E-state index in [1.54, 1.807) is 18.2 Å². The Morgan fingerprint density at radius 3 is 2.67 bits per heavy atom. The molecule has 0 saturated heterocycles. The van der Waals surface area contributed by atoms with Crippen LogP contribution in [0.3, 0.4) is 0 Å². The minimum atomic E-state index is -3.19. The summed E-state index contributed by atoms with van der Waals surface area (Å²) in [6.45, 7) is 2.23. The standard InChI is InChI=1S/C16H26N2O2S/c1-3-12-7-4-5-10-15(12)16(18-17)13-8-6-9-14(11-13)21(2,19)20/h6,8-9,11-12,15-16,18H,3-5,7,10,17H2,1-2H3. The van der Waals surface area contributed by atoms with Crippen LogP contribution in [0.15, 0.2) is 29.2 Å². The van der Waals surface area contributed by atoms with Crippen molar-refractivity contribution in [3.63, 3.8) is 0 Å². The number of sulfone groups is 1. The lowest BCUT2D eigenvalue weighted by molar-refractivity contribution is 0.176. The van der Waals surface area contributed by atoms with Gasteiger partial charge in [0.1, 0.15) is 0 Å². The molecule has 1 aliphatic carbocycles. The van der Waals surface area contributed by atoms with Crippen molar-refractivity contribution in [2.45, 2.75) is 50.0 Å². The van der Waals surface area contributed by atoms with Crippen molar-refractivity contribution < 1.29 is 8.42 Å². The molecule has 4 nitrogen and oxygen atoms in total. The molecule has 0 aromatic heterocycles. The van der Waals surface area contributed by atoms with Gasteiger partial charge in [0.2, 0.25) is 0 Å². The number of hydrogen-bond donors (Lipinski definition) is 2. The predicted molar refractivity (Wildman–Crippen MR) is 85.4 cm³/mol. The van der Waals surface area contributed by atoms with Crippen LogP contribution in [0.2, 0.25) is 0 Å². The van der Waals surface area contributed by atoms with Crippen molar-refractivity contribution in [2.75, 3.05) is 6.26 Å². The van der Waals surface area contributed by atoms with Crippen molar-refractivity contribution in [1.29, 1.82) is 0 Å². The van der Waals surface area contributed by atoms with Gasteiger partial charge in [-0.05, 0) is 36.0 Å². The number of rotatable bonds is 5. The number of hydrogen-bond acceptors (Lipinski definition) is 4. The summed E-state index contributed by atoms with van der Waals surface area (Å²) in [5, 5.41) is 0. The molecular weight excluding hydrogens is 284 g/mol. The molecule has 0 amide bonds. The smallest absolute Gasteiger partial charge is 0.175 e. The van der Waals surface area contributed by atoms with Crippen LogP contribution in [-0.2, 0) is 9.84 Å². The molecular formula is C16H26N2O2S. The Morgan fingerprint density at radius 1 is 1.33 bits per heavy atom. The van der Waals surface area contributed by atoms with E-state index in [0.29, 0.717) is 16.7 Å². The minimum Gasteiger partial charge on any atom is -0.271 e. The van der Waals surface area contributed by atoms with Gasteiger partial charge in [-0.15, -0.1) is 0 Å². The van der Waals surface area contributed by atoms with Crippen LogP contribution in [0.5, 0.6) is 0 Å². The molecule has 1 aromatic carbocycles. The quantitative estimate of drug-likeness (QED) is 0.648. The molecule has 0 aliphatic heterocycles. The van der Waals surface area contributed by atoms with Gasteiger partial charge >= 0.3 is 0 Å². The van der Waals surface area contributed by atoms with Crippen molar-refractivity contribution in [3.05, 3.63) is 29.8 Å². The molecule has 2 rings (SSSR count). The monoisotopic (exact) mass is 310 g/mol. The summed E-state index contributed by atoms with van der Waals surface area (Å²) in [6, 6.07) is 7.21. The Morgan fingerprint density at radius 2 is 2.05 bits per heavy atom. The van der Waals surface area contributed by atoms with E-state index in [-0.39, 0.29) is 6.04 Å². The highest BCUT2D eigenvalue weighted by Crippen LogP contribution is 2.40. The summed E-state index contributed by atoms with van der Waals surface area (Å²) in [4.78, 5) is 0.365. The van der Waals surface area contributed by atoms with Crippen LogP contribution in [0.25, 0.3) is 0 Å². The van der Waals surface area contributed by atoms with E-state index < -0.39 is 9.84 Å². The molecule has 3 N–H and O–H groups in total. The third-order valence-electron chi connectivity index (χ3n) is 4.75. The first-order chi connectivity index (χ1) is 9.97. The molecule has 1 saturated carbocycles. The average Bonchev–Trinajstić information content (AvgIpc) is 2.48. The van der Waals surface area contributed by atoms with Crippen LogP contribution in [-0.4, -0.2) is 14.7 Å².